The van der Waals surface area contributed by atoms with E-state index >= 15 is 0 Å². The summed E-state index contributed by atoms with van der Waals surface area (Å²) in [7, 11) is -1.62. The quantitative estimate of drug-likeness (QED) is 0.585. The molecule has 2 aliphatic rings. The number of hydrogen-bond donors (Lipinski definition) is 0. The van der Waals surface area contributed by atoms with Crippen molar-refractivity contribution in [2.75, 3.05) is 4.90 Å². The van der Waals surface area contributed by atoms with Crippen LogP contribution < -0.4 is 4.90 Å². The molecular weight excluding hydrogens is 294 g/mol. The zero-order valence-corrected chi connectivity index (χ0v) is 14.9. The molecule has 1 amide bonds. The maximum absolute atomic E-state index is 13.4. The number of benzene rings is 1. The normalized spacial score (nSPS) is 29.7. The van der Waals surface area contributed by atoms with Crippen LogP contribution >= 0.6 is 12.2 Å². The molecule has 2 nitrogen and oxygen atoms in total. The number of amides is 1. The number of piperidine rings is 1. The molecule has 2 fully saturated rings. The van der Waals surface area contributed by atoms with Gasteiger partial charge in [0, 0.05) is 16.6 Å². The summed E-state index contributed by atoms with van der Waals surface area (Å²) in [5.74, 6) is 0.673. The van der Waals surface area contributed by atoms with Crippen molar-refractivity contribution in [1.82, 2.24) is 0 Å². The van der Waals surface area contributed by atoms with Gasteiger partial charge in [-0.2, -0.15) is 0 Å². The SMILES string of the molecule is C[Si](C)(C)[C@]12CCC[C@H](C1)C(=S)N(c1ccccc1)C2=O. The zero-order chi connectivity index (χ0) is 15.3. The molecule has 1 aliphatic carbocycles. The molecule has 1 aromatic carbocycles. The van der Waals surface area contributed by atoms with Crippen molar-refractivity contribution >= 4 is 36.9 Å². The van der Waals surface area contributed by atoms with Gasteiger partial charge in [0.15, 0.2) is 0 Å². The van der Waals surface area contributed by atoms with Gasteiger partial charge in [-0.1, -0.05) is 56.5 Å². The Morgan fingerprint density at radius 2 is 1.90 bits per heavy atom. The van der Waals surface area contributed by atoms with Crippen molar-refractivity contribution in [2.24, 2.45) is 5.92 Å². The fourth-order valence-electron chi connectivity index (χ4n) is 4.00. The van der Waals surface area contributed by atoms with E-state index in [1.54, 1.807) is 0 Å². The highest BCUT2D eigenvalue weighted by Crippen LogP contribution is 2.57. The lowest BCUT2D eigenvalue weighted by atomic mass is 9.76. The standard InChI is InChI=1S/C17H23NOSSi/c1-21(2,3)17-11-7-8-13(12-17)15(20)18(16(17)19)14-9-5-4-6-10-14/h4-6,9-10,13H,7-8,11-12H2,1-3H3/t13-,17-/m1/s1. The Bertz CT molecular complexity index is 580. The van der Waals surface area contributed by atoms with E-state index in [0.717, 1.165) is 36.4 Å². The molecule has 0 N–H and O–H groups in total. The predicted octanol–water partition coefficient (Wildman–Crippen LogP) is 4.63. The van der Waals surface area contributed by atoms with Crippen LogP contribution in [0, 0.1) is 5.92 Å². The van der Waals surface area contributed by atoms with Crippen LogP contribution in [0.4, 0.5) is 5.69 Å². The number of fused-ring (bicyclic) bond motifs is 2. The summed E-state index contributed by atoms with van der Waals surface area (Å²) in [6, 6.07) is 9.95. The number of thiocarbonyl (C=S) groups is 1. The first-order valence-electron chi connectivity index (χ1n) is 7.80. The smallest absolute Gasteiger partial charge is 0.235 e. The second kappa shape index (κ2) is 5.02. The Kier molecular flexibility index (Phi) is 3.57. The van der Waals surface area contributed by atoms with E-state index in [0.29, 0.717) is 5.92 Å². The second-order valence-electron chi connectivity index (χ2n) is 7.44. The molecule has 4 heteroatoms. The first-order valence-corrected chi connectivity index (χ1v) is 11.7. The number of nitrogens with zero attached hydrogens (tertiary/aromatic N) is 1. The lowest BCUT2D eigenvalue weighted by Crippen LogP contribution is -2.60. The average Bonchev–Trinajstić information content (AvgIpc) is 2.46. The van der Waals surface area contributed by atoms with Gasteiger partial charge in [0.25, 0.3) is 0 Å². The van der Waals surface area contributed by atoms with Crippen LogP contribution in [0.1, 0.15) is 25.7 Å². The predicted molar refractivity (Wildman–Crippen MR) is 94.5 cm³/mol. The van der Waals surface area contributed by atoms with E-state index in [9.17, 15) is 4.79 Å². The van der Waals surface area contributed by atoms with Crippen molar-refractivity contribution in [3.05, 3.63) is 30.3 Å². The second-order valence-corrected chi connectivity index (χ2v) is 13.3. The van der Waals surface area contributed by atoms with Crippen molar-refractivity contribution in [3.8, 4) is 0 Å². The van der Waals surface area contributed by atoms with Crippen LogP contribution in [-0.4, -0.2) is 19.0 Å². The summed E-state index contributed by atoms with van der Waals surface area (Å²) >= 11 is 5.69. The maximum atomic E-state index is 13.4. The van der Waals surface area contributed by atoms with Crippen LogP contribution in [0.3, 0.4) is 0 Å². The zero-order valence-electron chi connectivity index (χ0n) is 13.1. The van der Waals surface area contributed by atoms with Gasteiger partial charge in [-0.3, -0.25) is 9.69 Å². The number of carbonyl (C=O) groups excluding carboxylic acids is 1. The fourth-order valence-corrected chi connectivity index (χ4v) is 6.93. The molecule has 1 aliphatic heterocycles. The number of anilines is 1. The Morgan fingerprint density at radius 3 is 2.52 bits per heavy atom. The third-order valence-corrected chi connectivity index (χ3v) is 9.44. The van der Waals surface area contributed by atoms with Gasteiger partial charge in [-0.05, 0) is 31.4 Å². The van der Waals surface area contributed by atoms with Crippen molar-refractivity contribution < 1.29 is 4.79 Å². The average molecular weight is 318 g/mol. The van der Waals surface area contributed by atoms with Gasteiger partial charge in [0.2, 0.25) is 5.91 Å². The van der Waals surface area contributed by atoms with E-state index < -0.39 is 8.07 Å². The summed E-state index contributed by atoms with van der Waals surface area (Å²) in [4.78, 5) is 16.1. The molecule has 3 rings (SSSR count). The summed E-state index contributed by atoms with van der Waals surface area (Å²) in [5.41, 5.74) is 0.946. The molecule has 2 bridgehead atoms. The van der Waals surface area contributed by atoms with Crippen LogP contribution in [0.15, 0.2) is 30.3 Å². The van der Waals surface area contributed by atoms with E-state index in [4.69, 9.17) is 12.2 Å². The highest BCUT2D eigenvalue weighted by molar-refractivity contribution is 7.80. The van der Waals surface area contributed by atoms with Gasteiger partial charge in [0.05, 0.1) is 13.1 Å². The first kappa shape index (κ1) is 14.9. The van der Waals surface area contributed by atoms with Crippen LogP contribution in [0.2, 0.25) is 24.7 Å². The number of carbonyl (C=O) groups is 1. The number of rotatable bonds is 2. The third-order valence-electron chi connectivity index (χ3n) is 5.38. The van der Waals surface area contributed by atoms with Gasteiger partial charge in [-0.15, -0.1) is 0 Å². The summed E-state index contributed by atoms with van der Waals surface area (Å²) in [6.07, 6.45) is 4.32. The molecule has 1 heterocycles. The molecule has 1 saturated heterocycles. The molecule has 0 radical (unpaired) electrons. The molecule has 0 spiro atoms. The molecule has 1 aromatic rings. The highest BCUT2D eigenvalue weighted by Gasteiger charge is 2.58. The van der Waals surface area contributed by atoms with Gasteiger partial charge >= 0.3 is 0 Å². The summed E-state index contributed by atoms with van der Waals surface area (Å²) in [6.45, 7) is 7.01. The first-order chi connectivity index (χ1) is 9.87. The topological polar surface area (TPSA) is 20.3 Å². The minimum atomic E-state index is -1.62. The molecule has 1 saturated carbocycles. The Morgan fingerprint density at radius 1 is 1.24 bits per heavy atom. The van der Waals surface area contributed by atoms with Crippen molar-refractivity contribution in [2.45, 2.75) is 50.4 Å². The van der Waals surface area contributed by atoms with Gasteiger partial charge in [0.1, 0.15) is 0 Å². The van der Waals surface area contributed by atoms with E-state index in [-0.39, 0.29) is 10.9 Å². The Balaban J connectivity index is 2.10. The maximum Gasteiger partial charge on any atom is 0.235 e. The minimum absolute atomic E-state index is 0.131. The lowest BCUT2D eigenvalue weighted by molar-refractivity contribution is -0.122. The molecule has 21 heavy (non-hydrogen) atoms. The Labute approximate surface area is 133 Å². The van der Waals surface area contributed by atoms with Gasteiger partial charge < -0.3 is 0 Å². The molecule has 0 aromatic heterocycles. The number of hydrogen-bond acceptors (Lipinski definition) is 2. The summed E-state index contributed by atoms with van der Waals surface area (Å²) < 4.78 is 0. The van der Waals surface area contributed by atoms with Crippen LogP contribution in [0.25, 0.3) is 0 Å². The lowest BCUT2D eigenvalue weighted by Gasteiger charge is -2.54. The third kappa shape index (κ3) is 2.20. The van der Waals surface area contributed by atoms with E-state index in [2.05, 4.69) is 19.6 Å². The van der Waals surface area contributed by atoms with Gasteiger partial charge in [-0.25, -0.2) is 0 Å². The van der Waals surface area contributed by atoms with E-state index in [1.807, 2.05) is 35.2 Å². The molecule has 0 unspecified atom stereocenters. The molecule has 112 valence electrons. The molecule has 2 atom stereocenters. The van der Waals surface area contributed by atoms with E-state index in [1.165, 1.54) is 0 Å². The largest absolute Gasteiger partial charge is 0.274 e. The molecular formula is C17H23NOSSi. The van der Waals surface area contributed by atoms with Crippen LogP contribution in [0.5, 0.6) is 0 Å². The fraction of sp³-hybridized carbons (Fsp3) is 0.529. The number of para-hydroxylation sites is 1. The van der Waals surface area contributed by atoms with Crippen molar-refractivity contribution in [1.29, 1.82) is 0 Å². The summed E-state index contributed by atoms with van der Waals surface area (Å²) in [5, 5.41) is -0.131. The minimum Gasteiger partial charge on any atom is -0.274 e. The Hall–Kier alpha value is -1.00. The van der Waals surface area contributed by atoms with Crippen molar-refractivity contribution in [3.63, 3.8) is 0 Å². The monoisotopic (exact) mass is 317 g/mol. The van der Waals surface area contributed by atoms with Crippen LogP contribution in [-0.2, 0) is 4.79 Å². The highest BCUT2D eigenvalue weighted by atomic mass is 32.1.